The number of hydrogen-bond acceptors (Lipinski definition) is 4. The maximum Gasteiger partial charge on any atom is 0.270 e. The third-order valence-electron chi connectivity index (χ3n) is 5.45. The smallest absolute Gasteiger partial charge is 0.270 e. The molecule has 0 spiro atoms. The number of rotatable bonds is 9. The Balaban J connectivity index is 1.58. The molecule has 1 amide bonds. The van der Waals surface area contributed by atoms with Gasteiger partial charge in [0.25, 0.3) is 5.91 Å². The average molecular weight is 499 g/mol. The van der Waals surface area contributed by atoms with Crippen molar-refractivity contribution in [2.75, 3.05) is 11.9 Å². The predicted octanol–water partition coefficient (Wildman–Crippen LogP) is 5.69. The van der Waals surface area contributed by atoms with Crippen LogP contribution in [0, 0.1) is 5.92 Å². The summed E-state index contributed by atoms with van der Waals surface area (Å²) in [5, 5.41) is 10.7. The van der Waals surface area contributed by atoms with E-state index in [-0.39, 0.29) is 11.6 Å². The molecule has 0 aliphatic carbocycles. The number of nitrogens with zero attached hydrogens (tertiary/aromatic N) is 1. The fraction of sp³-hybridized carbons (Fsp3) is 0.207. The number of para-hydroxylation sites is 1. The monoisotopic (exact) mass is 498 g/mol. The van der Waals surface area contributed by atoms with E-state index in [0.29, 0.717) is 47.7 Å². The fourth-order valence-corrected chi connectivity index (χ4v) is 3.81. The third-order valence-corrected chi connectivity index (χ3v) is 5.69. The van der Waals surface area contributed by atoms with Crippen molar-refractivity contribution in [2.24, 2.45) is 5.92 Å². The molecule has 0 fully saturated rings. The number of ether oxygens (including phenoxy) is 1. The van der Waals surface area contributed by atoms with Gasteiger partial charge in [-0.2, -0.15) is 0 Å². The number of thiocarbonyl (C=S) groups is 1. The first-order chi connectivity index (χ1) is 17.5. The topological polar surface area (TPSA) is 75.3 Å². The molecule has 0 radical (unpaired) electrons. The highest BCUT2D eigenvalue weighted by Gasteiger charge is 2.16. The van der Waals surface area contributed by atoms with Gasteiger partial charge in [0.1, 0.15) is 11.4 Å². The zero-order valence-corrected chi connectivity index (χ0v) is 21.3. The molecule has 1 aromatic heterocycles. The number of pyridine rings is 1. The first-order valence-electron chi connectivity index (χ1n) is 12.0. The van der Waals surface area contributed by atoms with Gasteiger partial charge in [-0.05, 0) is 41.4 Å². The van der Waals surface area contributed by atoms with E-state index in [2.05, 4.69) is 29.8 Å². The normalized spacial score (nSPS) is 10.8. The maximum atomic E-state index is 13.1. The second-order valence-electron chi connectivity index (χ2n) is 8.87. The van der Waals surface area contributed by atoms with Crippen LogP contribution < -0.4 is 20.7 Å². The van der Waals surface area contributed by atoms with Gasteiger partial charge in [0, 0.05) is 24.5 Å². The SMILES string of the molecule is CC(C)COc1cc(C(=O)NCc2ccccc2)nc2c(NC(=S)NCc3ccccc3)cccc12. The summed E-state index contributed by atoms with van der Waals surface area (Å²) >= 11 is 5.54. The number of benzene rings is 3. The summed E-state index contributed by atoms with van der Waals surface area (Å²) in [7, 11) is 0. The maximum absolute atomic E-state index is 13.1. The Morgan fingerprint density at radius 2 is 1.53 bits per heavy atom. The minimum Gasteiger partial charge on any atom is -0.493 e. The summed E-state index contributed by atoms with van der Waals surface area (Å²) in [6.07, 6.45) is 0. The Kier molecular flexibility index (Phi) is 8.47. The molecule has 4 aromatic rings. The van der Waals surface area contributed by atoms with Crippen molar-refractivity contribution in [1.29, 1.82) is 0 Å². The molecule has 7 heteroatoms. The van der Waals surface area contributed by atoms with E-state index in [1.54, 1.807) is 6.07 Å². The number of anilines is 1. The predicted molar refractivity (Wildman–Crippen MR) is 149 cm³/mol. The lowest BCUT2D eigenvalue weighted by Gasteiger charge is -2.16. The molecule has 0 aliphatic heterocycles. The van der Waals surface area contributed by atoms with E-state index >= 15 is 0 Å². The molecule has 0 aliphatic rings. The second-order valence-corrected chi connectivity index (χ2v) is 9.28. The molecule has 184 valence electrons. The summed E-state index contributed by atoms with van der Waals surface area (Å²) < 4.78 is 6.10. The highest BCUT2D eigenvalue weighted by Crippen LogP contribution is 2.31. The first-order valence-corrected chi connectivity index (χ1v) is 12.4. The molecule has 0 unspecified atom stereocenters. The summed E-state index contributed by atoms with van der Waals surface area (Å²) in [6.45, 7) is 5.70. The summed E-state index contributed by atoms with van der Waals surface area (Å²) in [5.41, 5.74) is 3.74. The van der Waals surface area contributed by atoms with E-state index in [4.69, 9.17) is 21.9 Å². The van der Waals surface area contributed by atoms with Gasteiger partial charge in [-0.25, -0.2) is 4.98 Å². The minimum atomic E-state index is -0.269. The van der Waals surface area contributed by atoms with Crippen LogP contribution in [0.1, 0.15) is 35.5 Å². The zero-order valence-electron chi connectivity index (χ0n) is 20.5. The summed E-state index contributed by atoms with van der Waals surface area (Å²) in [4.78, 5) is 17.8. The van der Waals surface area contributed by atoms with Crippen LogP contribution in [0.2, 0.25) is 0 Å². The van der Waals surface area contributed by atoms with Crippen molar-refractivity contribution < 1.29 is 9.53 Å². The fourth-order valence-electron chi connectivity index (χ4n) is 3.62. The number of carbonyl (C=O) groups excluding carboxylic acids is 1. The zero-order chi connectivity index (χ0) is 25.3. The lowest BCUT2D eigenvalue weighted by molar-refractivity contribution is 0.0945. The van der Waals surface area contributed by atoms with Gasteiger partial charge in [-0.15, -0.1) is 0 Å². The standard InChI is InChI=1S/C29H30N4O2S/c1-20(2)19-35-26-16-25(28(34)30-17-21-10-5-3-6-11-21)32-27-23(26)14-9-15-24(27)33-29(36)31-18-22-12-7-4-8-13-22/h3-16,20H,17-19H2,1-2H3,(H,30,34)(H2,31,33,36). The Hall–Kier alpha value is -3.97. The Labute approximate surface area is 217 Å². The van der Waals surface area contributed by atoms with Crippen LogP contribution in [0.25, 0.3) is 10.9 Å². The summed E-state index contributed by atoms with van der Waals surface area (Å²) in [6, 6.07) is 27.3. The van der Waals surface area contributed by atoms with Crippen molar-refractivity contribution >= 4 is 39.8 Å². The molecule has 0 bridgehead atoms. The highest BCUT2D eigenvalue weighted by atomic mass is 32.1. The molecule has 6 nitrogen and oxygen atoms in total. The van der Waals surface area contributed by atoms with Gasteiger partial charge in [-0.3, -0.25) is 4.79 Å². The summed E-state index contributed by atoms with van der Waals surface area (Å²) in [5.74, 6) is 0.680. The van der Waals surface area contributed by atoms with Crippen LogP contribution >= 0.6 is 12.2 Å². The lowest BCUT2D eigenvalue weighted by atomic mass is 10.1. The van der Waals surface area contributed by atoms with E-state index in [0.717, 1.165) is 16.5 Å². The number of fused-ring (bicyclic) bond motifs is 1. The van der Waals surface area contributed by atoms with Crippen LogP contribution in [0.3, 0.4) is 0 Å². The van der Waals surface area contributed by atoms with Gasteiger partial charge in [0.05, 0.1) is 17.8 Å². The van der Waals surface area contributed by atoms with Crippen molar-refractivity contribution in [3.63, 3.8) is 0 Å². The van der Waals surface area contributed by atoms with Gasteiger partial charge >= 0.3 is 0 Å². The van der Waals surface area contributed by atoms with Gasteiger partial charge < -0.3 is 20.7 Å². The van der Waals surface area contributed by atoms with Crippen LogP contribution in [-0.2, 0) is 13.1 Å². The van der Waals surface area contributed by atoms with E-state index in [9.17, 15) is 4.79 Å². The van der Waals surface area contributed by atoms with Crippen molar-refractivity contribution in [1.82, 2.24) is 15.6 Å². The van der Waals surface area contributed by atoms with Crippen molar-refractivity contribution in [3.8, 4) is 5.75 Å². The van der Waals surface area contributed by atoms with Crippen molar-refractivity contribution in [3.05, 3.63) is 102 Å². The first kappa shape index (κ1) is 25.1. The van der Waals surface area contributed by atoms with Gasteiger partial charge in [0.15, 0.2) is 5.11 Å². The van der Waals surface area contributed by atoms with Crippen LogP contribution in [0.15, 0.2) is 84.9 Å². The molecule has 0 atom stereocenters. The molecule has 1 heterocycles. The Morgan fingerprint density at radius 3 is 2.17 bits per heavy atom. The quantitative estimate of drug-likeness (QED) is 0.258. The molecule has 36 heavy (non-hydrogen) atoms. The third kappa shape index (κ3) is 6.79. The number of amides is 1. The lowest BCUT2D eigenvalue weighted by Crippen LogP contribution is -2.28. The van der Waals surface area contributed by atoms with E-state index in [1.165, 1.54) is 0 Å². The molecular formula is C29H30N4O2S. The van der Waals surface area contributed by atoms with Gasteiger partial charge in [-0.1, -0.05) is 80.6 Å². The average Bonchev–Trinajstić information content (AvgIpc) is 2.90. The minimum absolute atomic E-state index is 0.269. The largest absolute Gasteiger partial charge is 0.493 e. The van der Waals surface area contributed by atoms with E-state index < -0.39 is 0 Å². The highest BCUT2D eigenvalue weighted by molar-refractivity contribution is 7.80. The van der Waals surface area contributed by atoms with Gasteiger partial charge in [0.2, 0.25) is 0 Å². The van der Waals surface area contributed by atoms with Crippen LogP contribution in [0.5, 0.6) is 5.75 Å². The molecule has 0 saturated carbocycles. The Bertz CT molecular complexity index is 1330. The number of aromatic nitrogens is 1. The van der Waals surface area contributed by atoms with E-state index in [1.807, 2.05) is 78.9 Å². The molecule has 3 N–H and O–H groups in total. The Morgan fingerprint density at radius 1 is 0.889 bits per heavy atom. The number of carbonyl (C=O) groups is 1. The molecule has 4 rings (SSSR count). The van der Waals surface area contributed by atoms with Crippen LogP contribution in [-0.4, -0.2) is 22.6 Å². The molecular weight excluding hydrogens is 468 g/mol. The van der Waals surface area contributed by atoms with Crippen molar-refractivity contribution in [2.45, 2.75) is 26.9 Å². The molecule has 3 aromatic carbocycles. The molecule has 0 saturated heterocycles. The van der Waals surface area contributed by atoms with Crippen LogP contribution in [0.4, 0.5) is 5.69 Å². The number of hydrogen-bond donors (Lipinski definition) is 3. The second kappa shape index (κ2) is 12.1. The number of nitrogens with one attached hydrogen (secondary N) is 3.